The molecule has 0 aliphatic carbocycles. The molecule has 0 unspecified atom stereocenters. The van der Waals surface area contributed by atoms with Gasteiger partial charge >= 0.3 is 0 Å². The Kier molecular flexibility index (Phi) is 5.18. The number of benzene rings is 2. The van der Waals surface area contributed by atoms with Gasteiger partial charge in [-0.25, -0.2) is 4.68 Å². The van der Waals surface area contributed by atoms with Crippen molar-refractivity contribution < 1.29 is 4.42 Å². The molecule has 5 aromatic rings. The average molecular weight is 414 g/mol. The lowest BCUT2D eigenvalue weighted by atomic mass is 10.2. The van der Waals surface area contributed by atoms with Crippen LogP contribution in [-0.4, -0.2) is 24.5 Å². The monoisotopic (exact) mass is 413 g/mol. The van der Waals surface area contributed by atoms with Gasteiger partial charge in [0, 0.05) is 17.5 Å². The van der Waals surface area contributed by atoms with Crippen LogP contribution < -0.4 is 0 Å². The van der Waals surface area contributed by atoms with Crippen LogP contribution in [0.1, 0.15) is 11.1 Å². The van der Waals surface area contributed by atoms with E-state index in [4.69, 9.17) is 4.42 Å². The summed E-state index contributed by atoms with van der Waals surface area (Å²) in [5.74, 6) is 2.19. The Morgan fingerprint density at radius 3 is 2.40 bits per heavy atom. The molecule has 0 N–H and O–H groups in total. The highest BCUT2D eigenvalue weighted by atomic mass is 32.2. The Morgan fingerprint density at radius 1 is 0.833 bits per heavy atom. The zero-order valence-electron chi connectivity index (χ0n) is 16.1. The predicted octanol–water partition coefficient (Wildman–Crippen LogP) is 5.06. The zero-order chi connectivity index (χ0) is 20.2. The summed E-state index contributed by atoms with van der Waals surface area (Å²) in [6, 6.07) is 24.2. The van der Waals surface area contributed by atoms with E-state index in [0.717, 1.165) is 28.0 Å². The fraction of sp³-hybridized carbons (Fsp3) is 0.0870. The second-order valence-electron chi connectivity index (χ2n) is 6.77. The summed E-state index contributed by atoms with van der Waals surface area (Å²) in [5, 5.41) is 14.2. The summed E-state index contributed by atoms with van der Waals surface area (Å²) < 4.78 is 9.57. The van der Waals surface area contributed by atoms with Crippen molar-refractivity contribution in [2.45, 2.75) is 17.5 Å². The highest BCUT2D eigenvalue weighted by Gasteiger charge is 2.17. The molecule has 7 heteroatoms. The molecule has 0 aliphatic rings. The second-order valence-corrected chi connectivity index (χ2v) is 7.72. The molecule has 6 nitrogen and oxygen atoms in total. The molecule has 0 bridgehead atoms. The van der Waals surface area contributed by atoms with Crippen molar-refractivity contribution in [3.63, 3.8) is 0 Å². The van der Waals surface area contributed by atoms with Crippen molar-refractivity contribution in [1.82, 2.24) is 24.5 Å². The lowest BCUT2D eigenvalue weighted by Gasteiger charge is -2.09. The van der Waals surface area contributed by atoms with E-state index >= 15 is 0 Å². The maximum Gasteiger partial charge on any atom is 0.200 e. The third kappa shape index (κ3) is 3.92. The van der Waals surface area contributed by atoms with Gasteiger partial charge in [-0.1, -0.05) is 60.3 Å². The molecule has 0 amide bonds. The Labute approximate surface area is 178 Å². The Morgan fingerprint density at radius 2 is 1.63 bits per heavy atom. The lowest BCUT2D eigenvalue weighted by molar-refractivity contribution is 0.569. The van der Waals surface area contributed by atoms with E-state index in [1.165, 1.54) is 5.56 Å². The minimum absolute atomic E-state index is 0.676. The van der Waals surface area contributed by atoms with E-state index in [2.05, 4.69) is 32.0 Å². The summed E-state index contributed by atoms with van der Waals surface area (Å²) in [6.45, 7) is 0.676. The largest absolute Gasteiger partial charge is 0.461 e. The van der Waals surface area contributed by atoms with Gasteiger partial charge in [-0.3, -0.25) is 4.57 Å². The Hall–Kier alpha value is -3.58. The van der Waals surface area contributed by atoms with Crippen LogP contribution in [0.2, 0.25) is 0 Å². The molecule has 0 spiro atoms. The van der Waals surface area contributed by atoms with Crippen LogP contribution in [-0.2, 0) is 12.3 Å². The molecule has 0 saturated carbocycles. The van der Waals surface area contributed by atoms with Crippen LogP contribution in [0.5, 0.6) is 0 Å². The normalized spacial score (nSPS) is 11.1. The first-order chi connectivity index (χ1) is 14.9. The molecule has 0 radical (unpaired) electrons. The van der Waals surface area contributed by atoms with Gasteiger partial charge in [0.25, 0.3) is 0 Å². The van der Waals surface area contributed by atoms with E-state index < -0.39 is 0 Å². The van der Waals surface area contributed by atoms with Gasteiger partial charge in [-0.2, -0.15) is 5.10 Å². The zero-order valence-corrected chi connectivity index (χ0v) is 16.9. The number of furan rings is 1. The van der Waals surface area contributed by atoms with Crippen LogP contribution >= 0.6 is 11.8 Å². The average Bonchev–Trinajstić information content (AvgIpc) is 3.55. The number of para-hydroxylation sites is 1. The molecular formula is C23H19N5OS. The summed E-state index contributed by atoms with van der Waals surface area (Å²) in [6.07, 6.45) is 5.60. The van der Waals surface area contributed by atoms with Crippen LogP contribution in [0, 0.1) is 0 Å². The standard InChI is InChI=1S/C23H19N5OS/c1-3-8-18(9-4-1)15-27-22(21-12-7-13-29-21)25-26-23(27)30-17-19-14-24-28(16-19)20-10-5-2-6-11-20/h1-14,16H,15,17H2. The smallest absolute Gasteiger partial charge is 0.200 e. The van der Waals surface area contributed by atoms with Crippen LogP contribution in [0.3, 0.4) is 0 Å². The number of hydrogen-bond acceptors (Lipinski definition) is 5. The number of rotatable bonds is 7. The van der Waals surface area contributed by atoms with E-state index in [1.54, 1.807) is 18.0 Å². The molecule has 0 saturated heterocycles. The van der Waals surface area contributed by atoms with Crippen LogP contribution in [0.15, 0.2) is 101 Å². The molecule has 3 heterocycles. The maximum absolute atomic E-state index is 5.58. The summed E-state index contributed by atoms with van der Waals surface area (Å²) in [4.78, 5) is 0. The summed E-state index contributed by atoms with van der Waals surface area (Å²) >= 11 is 1.64. The van der Waals surface area contributed by atoms with Gasteiger partial charge < -0.3 is 4.42 Å². The first kappa shape index (κ1) is 18.4. The molecule has 5 rings (SSSR count). The minimum Gasteiger partial charge on any atom is -0.461 e. The highest BCUT2D eigenvalue weighted by Crippen LogP contribution is 2.27. The number of nitrogens with zero attached hydrogens (tertiary/aromatic N) is 5. The van der Waals surface area contributed by atoms with Crippen molar-refractivity contribution in [3.8, 4) is 17.3 Å². The van der Waals surface area contributed by atoms with Gasteiger partial charge in [-0.05, 0) is 29.8 Å². The van der Waals surface area contributed by atoms with Crippen molar-refractivity contribution in [2.75, 3.05) is 0 Å². The first-order valence-electron chi connectivity index (χ1n) is 9.59. The quantitative estimate of drug-likeness (QED) is 0.349. The Balaban J connectivity index is 1.39. The van der Waals surface area contributed by atoms with E-state index in [0.29, 0.717) is 12.3 Å². The third-order valence-corrected chi connectivity index (χ3v) is 5.70. The van der Waals surface area contributed by atoms with Crippen LogP contribution in [0.25, 0.3) is 17.3 Å². The predicted molar refractivity (Wildman–Crippen MR) is 116 cm³/mol. The molecule has 0 aliphatic heterocycles. The molecular weight excluding hydrogens is 394 g/mol. The summed E-state index contributed by atoms with van der Waals surface area (Å²) in [7, 11) is 0. The van der Waals surface area contributed by atoms with Gasteiger partial charge in [0.2, 0.25) is 5.82 Å². The third-order valence-electron chi connectivity index (χ3n) is 4.67. The highest BCUT2D eigenvalue weighted by molar-refractivity contribution is 7.98. The van der Waals surface area contributed by atoms with E-state index in [9.17, 15) is 0 Å². The fourth-order valence-corrected chi connectivity index (χ4v) is 4.05. The number of hydrogen-bond donors (Lipinski definition) is 0. The number of thioether (sulfide) groups is 1. The SMILES string of the molecule is c1ccc(Cn2c(SCc3cnn(-c4ccccc4)c3)nnc2-c2ccco2)cc1. The van der Waals surface area contributed by atoms with Crippen molar-refractivity contribution >= 4 is 11.8 Å². The molecule has 30 heavy (non-hydrogen) atoms. The minimum atomic E-state index is 0.676. The van der Waals surface area contributed by atoms with Gasteiger partial charge in [-0.15, -0.1) is 10.2 Å². The lowest BCUT2D eigenvalue weighted by Crippen LogP contribution is -2.03. The number of aromatic nitrogens is 5. The fourth-order valence-electron chi connectivity index (χ4n) is 3.20. The van der Waals surface area contributed by atoms with Gasteiger partial charge in [0.1, 0.15) is 0 Å². The molecule has 0 atom stereocenters. The topological polar surface area (TPSA) is 61.7 Å². The van der Waals surface area contributed by atoms with Gasteiger partial charge in [0.15, 0.2) is 10.9 Å². The van der Waals surface area contributed by atoms with Crippen molar-refractivity contribution in [1.29, 1.82) is 0 Å². The van der Waals surface area contributed by atoms with Crippen molar-refractivity contribution in [2.24, 2.45) is 0 Å². The van der Waals surface area contributed by atoms with Gasteiger partial charge in [0.05, 0.1) is 24.7 Å². The molecule has 0 fully saturated rings. The molecule has 3 aromatic heterocycles. The molecule has 148 valence electrons. The Bertz CT molecular complexity index is 1210. The summed E-state index contributed by atoms with van der Waals surface area (Å²) in [5.41, 5.74) is 3.35. The maximum atomic E-state index is 5.58. The first-order valence-corrected chi connectivity index (χ1v) is 10.6. The van der Waals surface area contributed by atoms with Crippen LogP contribution in [0.4, 0.5) is 0 Å². The van der Waals surface area contributed by atoms with E-state index in [-0.39, 0.29) is 0 Å². The van der Waals surface area contributed by atoms with E-state index in [1.807, 2.05) is 77.7 Å². The second kappa shape index (κ2) is 8.42. The molecule has 2 aromatic carbocycles. The van der Waals surface area contributed by atoms with Crippen molar-refractivity contribution in [3.05, 3.63) is 103 Å².